The van der Waals surface area contributed by atoms with Crippen LogP contribution in [0.2, 0.25) is 0 Å². The van der Waals surface area contributed by atoms with E-state index in [1.807, 2.05) is 0 Å². The van der Waals surface area contributed by atoms with Crippen molar-refractivity contribution >= 4 is 6.29 Å². The summed E-state index contributed by atoms with van der Waals surface area (Å²) in [6.07, 6.45) is 4.57. The van der Waals surface area contributed by atoms with Crippen molar-refractivity contribution in [3.63, 3.8) is 0 Å². The highest BCUT2D eigenvalue weighted by Crippen LogP contribution is 1.81. The second-order valence-corrected chi connectivity index (χ2v) is 1.55. The number of hydrogen-bond donors (Lipinski definition) is 0. The molecule has 0 aromatic carbocycles. The van der Waals surface area contributed by atoms with E-state index in [9.17, 15) is 4.79 Å². The van der Waals surface area contributed by atoms with Crippen LogP contribution < -0.4 is 0 Å². The lowest BCUT2D eigenvalue weighted by Crippen LogP contribution is -1.70. The van der Waals surface area contributed by atoms with Gasteiger partial charge in [-0.25, -0.2) is 0 Å². The minimum absolute atomic E-state index is 0.546. The molecule has 0 atom stereocenters. The lowest BCUT2D eigenvalue weighted by Gasteiger charge is -1.75. The summed E-state index contributed by atoms with van der Waals surface area (Å²) < 4.78 is 0. The molecule has 0 aromatic heterocycles. The molecule has 0 saturated carbocycles. The van der Waals surface area contributed by atoms with Gasteiger partial charge in [0.2, 0.25) is 0 Å². The Balaban J connectivity index is 3.14. The predicted octanol–water partition coefficient (Wildman–Crippen LogP) is 1.54. The zero-order valence-electron chi connectivity index (χ0n) is 5.39. The van der Waals surface area contributed by atoms with Gasteiger partial charge in [-0.2, -0.15) is 0 Å². The first-order valence-corrected chi connectivity index (χ1v) is 2.92. The van der Waals surface area contributed by atoms with Crippen LogP contribution in [0.25, 0.3) is 0 Å². The summed E-state index contributed by atoms with van der Waals surface area (Å²) in [5, 5.41) is 0. The monoisotopic (exact) mass is 122 g/mol. The van der Waals surface area contributed by atoms with Gasteiger partial charge in [-0.3, -0.25) is 0 Å². The van der Waals surface area contributed by atoms with Gasteiger partial charge in [0.1, 0.15) is 6.29 Å². The van der Waals surface area contributed by atoms with Crippen LogP contribution >= 0.6 is 0 Å². The van der Waals surface area contributed by atoms with Crippen molar-refractivity contribution in [2.75, 3.05) is 0 Å². The first kappa shape index (κ1) is 7.97. The molecule has 9 heavy (non-hydrogen) atoms. The zero-order valence-corrected chi connectivity index (χ0v) is 5.39. The first-order chi connectivity index (χ1) is 4.41. The summed E-state index contributed by atoms with van der Waals surface area (Å²) >= 11 is 0. The van der Waals surface area contributed by atoms with Crippen molar-refractivity contribution in [3.05, 3.63) is 12.7 Å². The van der Waals surface area contributed by atoms with Crippen molar-refractivity contribution in [1.82, 2.24) is 0 Å². The van der Waals surface area contributed by atoms with E-state index in [2.05, 4.69) is 18.4 Å². The number of carbonyl (C=O) groups excluding carboxylic acids is 1. The Morgan fingerprint density at radius 1 is 1.44 bits per heavy atom. The fraction of sp³-hybridized carbons (Fsp3) is 0.375. The fourth-order valence-electron chi connectivity index (χ4n) is 0.364. The van der Waals surface area contributed by atoms with Crippen LogP contribution in [0.5, 0.6) is 0 Å². The maximum absolute atomic E-state index is 9.75. The van der Waals surface area contributed by atoms with Gasteiger partial charge in [-0.1, -0.05) is 12.0 Å². The van der Waals surface area contributed by atoms with Crippen LogP contribution in [-0.4, -0.2) is 6.29 Å². The summed E-state index contributed by atoms with van der Waals surface area (Å²) in [7, 11) is 0. The molecule has 0 amide bonds. The van der Waals surface area contributed by atoms with Crippen LogP contribution in [0.15, 0.2) is 12.7 Å². The molecule has 0 fully saturated rings. The Morgan fingerprint density at radius 2 is 2.22 bits per heavy atom. The molecule has 0 radical (unpaired) electrons. The van der Waals surface area contributed by atoms with Crippen LogP contribution in [-0.2, 0) is 4.79 Å². The third-order valence-electron chi connectivity index (χ3n) is 0.759. The normalized spacial score (nSPS) is 7.11. The summed E-state index contributed by atoms with van der Waals surface area (Å²) in [6.45, 7) is 3.51. The fourth-order valence-corrected chi connectivity index (χ4v) is 0.364. The van der Waals surface area contributed by atoms with Gasteiger partial charge in [0, 0.05) is 19.3 Å². The van der Waals surface area contributed by atoms with Crippen molar-refractivity contribution in [1.29, 1.82) is 0 Å². The average molecular weight is 122 g/mol. The summed E-state index contributed by atoms with van der Waals surface area (Å²) in [5.41, 5.74) is 0. The largest absolute Gasteiger partial charge is 0.303 e. The minimum atomic E-state index is 0.546. The van der Waals surface area contributed by atoms with E-state index in [0.717, 1.165) is 12.7 Å². The Labute approximate surface area is 55.8 Å². The van der Waals surface area contributed by atoms with Gasteiger partial charge in [0.25, 0.3) is 0 Å². The summed E-state index contributed by atoms with van der Waals surface area (Å²) in [5.74, 6) is 5.68. The lowest BCUT2D eigenvalue weighted by molar-refractivity contribution is -0.107. The van der Waals surface area contributed by atoms with Crippen molar-refractivity contribution in [2.24, 2.45) is 0 Å². The summed E-state index contributed by atoms with van der Waals surface area (Å²) in [6, 6.07) is 0. The van der Waals surface area contributed by atoms with E-state index in [-0.39, 0.29) is 0 Å². The van der Waals surface area contributed by atoms with Crippen molar-refractivity contribution in [3.8, 4) is 11.8 Å². The van der Waals surface area contributed by atoms with Crippen LogP contribution in [0, 0.1) is 11.8 Å². The lowest BCUT2D eigenvalue weighted by atomic mass is 10.3. The molecule has 0 aliphatic heterocycles. The minimum Gasteiger partial charge on any atom is -0.303 e. The number of rotatable bonds is 3. The zero-order chi connectivity index (χ0) is 6.95. The first-order valence-electron chi connectivity index (χ1n) is 2.92. The van der Waals surface area contributed by atoms with E-state index < -0.39 is 0 Å². The number of unbranched alkanes of at least 4 members (excludes halogenated alkanes) is 1. The highest BCUT2D eigenvalue weighted by molar-refractivity contribution is 5.49. The van der Waals surface area contributed by atoms with E-state index in [1.54, 1.807) is 6.08 Å². The Hall–Kier alpha value is -1.03. The molecule has 0 saturated heterocycles. The molecule has 48 valence electrons. The van der Waals surface area contributed by atoms with Gasteiger partial charge >= 0.3 is 0 Å². The molecule has 0 rings (SSSR count). The second kappa shape index (κ2) is 6.97. The molecule has 1 heteroatoms. The van der Waals surface area contributed by atoms with E-state index >= 15 is 0 Å². The van der Waals surface area contributed by atoms with Crippen molar-refractivity contribution < 1.29 is 4.79 Å². The molecular weight excluding hydrogens is 112 g/mol. The molecule has 0 bridgehead atoms. The van der Waals surface area contributed by atoms with Gasteiger partial charge in [0.15, 0.2) is 0 Å². The standard InChI is InChI=1S/C8H10O/c1-2-3-4-5-6-7-8-9/h2,8H,1,3,6-7H2. The smallest absolute Gasteiger partial charge is 0.120 e. The van der Waals surface area contributed by atoms with Crippen LogP contribution in [0.1, 0.15) is 19.3 Å². The Kier molecular flexibility index (Phi) is 6.17. The maximum Gasteiger partial charge on any atom is 0.120 e. The Morgan fingerprint density at radius 3 is 2.78 bits per heavy atom. The van der Waals surface area contributed by atoms with E-state index in [1.165, 1.54) is 0 Å². The maximum atomic E-state index is 9.75. The van der Waals surface area contributed by atoms with Crippen molar-refractivity contribution in [2.45, 2.75) is 19.3 Å². The summed E-state index contributed by atoms with van der Waals surface area (Å²) in [4.78, 5) is 9.75. The van der Waals surface area contributed by atoms with Gasteiger partial charge in [-0.15, -0.1) is 12.5 Å². The van der Waals surface area contributed by atoms with E-state index in [0.29, 0.717) is 12.8 Å². The second-order valence-electron chi connectivity index (χ2n) is 1.55. The van der Waals surface area contributed by atoms with Gasteiger partial charge in [0.05, 0.1) is 0 Å². The molecule has 0 aromatic rings. The van der Waals surface area contributed by atoms with E-state index in [4.69, 9.17) is 0 Å². The molecule has 1 nitrogen and oxygen atoms in total. The topological polar surface area (TPSA) is 17.1 Å². The molecular formula is C8H10O. The molecule has 0 heterocycles. The third-order valence-corrected chi connectivity index (χ3v) is 0.759. The Bertz CT molecular complexity index is 136. The highest BCUT2D eigenvalue weighted by atomic mass is 16.1. The number of hydrogen-bond acceptors (Lipinski definition) is 1. The third kappa shape index (κ3) is 6.97. The molecule has 0 aliphatic rings. The molecule has 0 spiro atoms. The SMILES string of the molecule is C=CCC#CCCC=O. The van der Waals surface area contributed by atoms with Crippen LogP contribution in [0.3, 0.4) is 0 Å². The number of carbonyl (C=O) groups is 1. The van der Waals surface area contributed by atoms with Crippen LogP contribution in [0.4, 0.5) is 0 Å². The predicted molar refractivity (Wildman–Crippen MR) is 37.9 cm³/mol. The number of aldehydes is 1. The highest BCUT2D eigenvalue weighted by Gasteiger charge is 1.73. The molecule has 0 N–H and O–H groups in total. The van der Waals surface area contributed by atoms with Gasteiger partial charge in [-0.05, 0) is 0 Å². The van der Waals surface area contributed by atoms with Gasteiger partial charge < -0.3 is 4.79 Å². The quantitative estimate of drug-likeness (QED) is 0.240. The average Bonchev–Trinajstić information content (AvgIpc) is 1.89. The molecule has 0 aliphatic carbocycles. The number of allylic oxidation sites excluding steroid dienone is 1. The molecule has 0 unspecified atom stereocenters.